The van der Waals surface area contributed by atoms with Crippen molar-refractivity contribution in [2.24, 2.45) is 17.6 Å². The van der Waals surface area contributed by atoms with Gasteiger partial charge in [0.2, 0.25) is 5.95 Å². The molecule has 0 bridgehead atoms. The van der Waals surface area contributed by atoms with E-state index in [-0.39, 0.29) is 0 Å². The predicted octanol–water partition coefficient (Wildman–Crippen LogP) is 5.95. The molecule has 0 spiro atoms. The molecule has 0 aliphatic rings. The summed E-state index contributed by atoms with van der Waals surface area (Å²) in [6.45, 7) is 12.2. The van der Waals surface area contributed by atoms with E-state index in [1.165, 1.54) is 0 Å². The summed E-state index contributed by atoms with van der Waals surface area (Å²) in [5.74, 6) is 2.76. The molecule has 168 valence electrons. The molecule has 6 nitrogen and oxygen atoms in total. The van der Waals surface area contributed by atoms with Crippen molar-refractivity contribution in [1.29, 1.82) is 0 Å². The number of aryl methyl sites for hydroxylation is 1. The molecule has 0 saturated heterocycles. The zero-order chi connectivity index (χ0) is 22.5. The number of nitrogens with one attached hydrogen (secondary N) is 1. The molecule has 0 aliphatic heterocycles. The van der Waals surface area contributed by atoms with Gasteiger partial charge >= 0.3 is 0 Å². The quantitative estimate of drug-likeness (QED) is 0.389. The molecule has 0 fully saturated rings. The van der Waals surface area contributed by atoms with Crippen molar-refractivity contribution in [3.63, 3.8) is 0 Å². The van der Waals surface area contributed by atoms with Crippen LogP contribution in [0, 0.1) is 11.8 Å². The van der Waals surface area contributed by atoms with Crippen LogP contribution in [0.3, 0.4) is 0 Å². The average Bonchev–Trinajstić information content (AvgIpc) is 3.00. The van der Waals surface area contributed by atoms with Crippen LogP contribution in [-0.2, 0) is 6.54 Å². The molecule has 3 aromatic rings. The maximum atomic E-state index is 6.17. The number of aromatic nitrogens is 3. The number of imidazole rings is 1. The molecule has 3 rings (SSSR count). The third kappa shape index (κ3) is 6.25. The first-order valence-corrected chi connectivity index (χ1v) is 11.6. The first kappa shape index (κ1) is 23.6. The number of fused-ring (bicyclic) bond motifs is 1. The van der Waals surface area contributed by atoms with Gasteiger partial charge in [-0.15, -0.1) is 0 Å². The van der Waals surface area contributed by atoms with Crippen LogP contribution in [0.1, 0.15) is 34.1 Å². The van der Waals surface area contributed by atoms with Gasteiger partial charge in [-0.1, -0.05) is 50.9 Å². The highest BCUT2D eigenvalue weighted by molar-refractivity contribution is 6.35. The van der Waals surface area contributed by atoms with E-state index < -0.39 is 0 Å². The lowest BCUT2D eigenvalue weighted by molar-refractivity contribution is 0.549. The number of nitrogens with two attached hydrogens (primary N) is 1. The molecule has 0 saturated carbocycles. The molecule has 8 heteroatoms. The summed E-state index contributed by atoms with van der Waals surface area (Å²) in [4.78, 5) is 12.2. The second-order valence-electron chi connectivity index (χ2n) is 8.72. The van der Waals surface area contributed by atoms with E-state index in [0.29, 0.717) is 40.9 Å². The van der Waals surface area contributed by atoms with Gasteiger partial charge in [0.25, 0.3) is 0 Å². The Morgan fingerprint density at radius 1 is 1.00 bits per heavy atom. The fourth-order valence-electron chi connectivity index (χ4n) is 3.62. The molecule has 2 aromatic heterocycles. The van der Waals surface area contributed by atoms with Gasteiger partial charge < -0.3 is 16.0 Å². The van der Waals surface area contributed by atoms with Crippen LogP contribution in [0.4, 0.5) is 17.5 Å². The van der Waals surface area contributed by atoms with Gasteiger partial charge in [0.1, 0.15) is 11.3 Å². The normalized spacial score (nSPS) is 11.6. The summed E-state index contributed by atoms with van der Waals surface area (Å²) < 4.78 is 2.09. The molecule has 0 amide bonds. The minimum atomic E-state index is 0.545. The number of hydrogen-bond donors (Lipinski definition) is 2. The van der Waals surface area contributed by atoms with Crippen LogP contribution in [0.5, 0.6) is 0 Å². The number of nitrogens with zero attached hydrogens (tertiary/aromatic N) is 4. The molecule has 3 N–H and O–H groups in total. The summed E-state index contributed by atoms with van der Waals surface area (Å²) in [6, 6.07) is 9.46. The summed E-state index contributed by atoms with van der Waals surface area (Å²) >= 11 is 12.3. The number of benzene rings is 1. The maximum Gasteiger partial charge on any atom is 0.209 e. The van der Waals surface area contributed by atoms with E-state index in [2.05, 4.69) is 48.5 Å². The molecular weight excluding hydrogens is 431 g/mol. The van der Waals surface area contributed by atoms with Crippen LogP contribution >= 0.6 is 23.2 Å². The van der Waals surface area contributed by atoms with Gasteiger partial charge in [-0.05, 0) is 55.1 Å². The van der Waals surface area contributed by atoms with Crippen molar-refractivity contribution in [3.05, 3.63) is 40.4 Å². The molecule has 2 heterocycles. The van der Waals surface area contributed by atoms with Crippen molar-refractivity contribution in [3.8, 4) is 0 Å². The lowest BCUT2D eigenvalue weighted by Gasteiger charge is -2.27. The van der Waals surface area contributed by atoms with Crippen molar-refractivity contribution < 1.29 is 0 Å². The summed E-state index contributed by atoms with van der Waals surface area (Å²) in [7, 11) is 0. The van der Waals surface area contributed by atoms with Gasteiger partial charge in [0.05, 0.1) is 0 Å². The minimum absolute atomic E-state index is 0.545. The molecule has 0 radical (unpaired) electrons. The third-order valence-corrected chi connectivity index (χ3v) is 5.21. The molecule has 0 aliphatic carbocycles. The van der Waals surface area contributed by atoms with Crippen LogP contribution in [0.2, 0.25) is 10.0 Å². The molecule has 31 heavy (non-hydrogen) atoms. The van der Waals surface area contributed by atoms with Crippen molar-refractivity contribution in [1.82, 2.24) is 14.5 Å². The Morgan fingerprint density at radius 2 is 1.65 bits per heavy atom. The fraction of sp³-hybridized carbons (Fsp3) is 0.478. The molecule has 0 atom stereocenters. The summed E-state index contributed by atoms with van der Waals surface area (Å²) in [6.07, 6.45) is 0.823. The number of hydrogen-bond acceptors (Lipinski definition) is 5. The SMILES string of the molecule is CC(C)CN(CC(C)C)c1ccc2nc(Nc3cc(Cl)cc(Cl)c3)n(CCCN)c2n1. The average molecular weight is 463 g/mol. The lowest BCUT2D eigenvalue weighted by Crippen LogP contribution is -2.32. The number of rotatable bonds is 10. The van der Waals surface area contributed by atoms with Gasteiger partial charge in [-0.2, -0.15) is 0 Å². The highest BCUT2D eigenvalue weighted by Crippen LogP contribution is 2.28. The molecule has 0 unspecified atom stereocenters. The van der Waals surface area contributed by atoms with Crippen LogP contribution < -0.4 is 16.0 Å². The minimum Gasteiger partial charge on any atom is -0.356 e. The van der Waals surface area contributed by atoms with Crippen molar-refractivity contribution in [2.75, 3.05) is 29.9 Å². The van der Waals surface area contributed by atoms with Crippen LogP contribution in [0.15, 0.2) is 30.3 Å². The van der Waals surface area contributed by atoms with E-state index in [1.54, 1.807) is 6.07 Å². The number of pyridine rings is 1. The predicted molar refractivity (Wildman–Crippen MR) is 133 cm³/mol. The van der Waals surface area contributed by atoms with E-state index >= 15 is 0 Å². The molecule has 1 aromatic carbocycles. The van der Waals surface area contributed by atoms with E-state index in [4.69, 9.17) is 38.9 Å². The van der Waals surface area contributed by atoms with Gasteiger partial charge in [0, 0.05) is 35.4 Å². The van der Waals surface area contributed by atoms with Crippen LogP contribution in [-0.4, -0.2) is 34.2 Å². The Bertz CT molecular complexity index is 984. The maximum absolute atomic E-state index is 6.17. The van der Waals surface area contributed by atoms with Gasteiger partial charge in [0.15, 0.2) is 5.65 Å². The monoisotopic (exact) mass is 462 g/mol. The Labute approximate surface area is 194 Å². The first-order valence-electron chi connectivity index (χ1n) is 10.8. The van der Waals surface area contributed by atoms with Crippen molar-refractivity contribution >= 4 is 51.8 Å². The Hall–Kier alpha value is -2.02. The second kappa shape index (κ2) is 10.5. The largest absolute Gasteiger partial charge is 0.356 e. The topological polar surface area (TPSA) is 72.0 Å². The lowest BCUT2D eigenvalue weighted by atomic mass is 10.1. The van der Waals surface area contributed by atoms with Crippen LogP contribution in [0.25, 0.3) is 11.2 Å². The summed E-state index contributed by atoms with van der Waals surface area (Å²) in [5, 5.41) is 4.49. The second-order valence-corrected chi connectivity index (χ2v) is 9.59. The van der Waals surface area contributed by atoms with E-state index in [9.17, 15) is 0 Å². The smallest absolute Gasteiger partial charge is 0.209 e. The Morgan fingerprint density at radius 3 is 2.23 bits per heavy atom. The zero-order valence-electron chi connectivity index (χ0n) is 18.7. The number of halogens is 2. The third-order valence-electron chi connectivity index (χ3n) is 4.78. The summed E-state index contributed by atoms with van der Waals surface area (Å²) in [5.41, 5.74) is 8.27. The highest BCUT2D eigenvalue weighted by atomic mass is 35.5. The fourth-order valence-corrected chi connectivity index (χ4v) is 4.15. The highest BCUT2D eigenvalue weighted by Gasteiger charge is 2.17. The van der Waals surface area contributed by atoms with Gasteiger partial charge in [-0.25, -0.2) is 9.97 Å². The van der Waals surface area contributed by atoms with Crippen molar-refractivity contribution in [2.45, 2.75) is 40.7 Å². The van der Waals surface area contributed by atoms with Gasteiger partial charge in [-0.3, -0.25) is 4.57 Å². The Kier molecular flexibility index (Phi) is 8.03. The number of anilines is 3. The zero-order valence-corrected chi connectivity index (χ0v) is 20.2. The van der Waals surface area contributed by atoms with E-state index in [0.717, 1.165) is 42.2 Å². The molecular formula is C23H32Cl2N6. The van der Waals surface area contributed by atoms with E-state index in [1.807, 2.05) is 18.2 Å². The standard InChI is InChI=1S/C23H32Cl2N6/c1-15(2)13-30(14-16(3)4)21-7-6-20-22(29-21)31(9-5-8-26)23(28-20)27-19-11-17(24)10-18(25)12-19/h6-7,10-12,15-16H,5,8-9,13-14,26H2,1-4H3,(H,27,28). The Balaban J connectivity index is 2.03. The first-order chi connectivity index (χ1) is 14.8.